The molecule has 0 fully saturated rings. The maximum absolute atomic E-state index is 10.6. The van der Waals surface area contributed by atoms with E-state index in [4.69, 9.17) is 9.11 Å². The lowest BCUT2D eigenvalue weighted by Gasteiger charge is -2.01. The third-order valence-corrected chi connectivity index (χ3v) is 3.39. The Morgan fingerprint density at radius 2 is 1.71 bits per heavy atom. The molecule has 0 unspecified atom stereocenters. The van der Waals surface area contributed by atoms with E-state index in [9.17, 15) is 16.8 Å². The van der Waals surface area contributed by atoms with Gasteiger partial charge in [0.1, 0.15) is 0 Å². The summed E-state index contributed by atoms with van der Waals surface area (Å²) in [6.07, 6.45) is 1.01. The molecule has 14 heavy (non-hydrogen) atoms. The van der Waals surface area contributed by atoms with Crippen molar-refractivity contribution in [2.75, 3.05) is 5.75 Å². The average Bonchev–Trinajstić information content (AvgIpc) is 1.93. The van der Waals surface area contributed by atoms with E-state index in [1.165, 1.54) is 13.0 Å². The maximum Gasteiger partial charge on any atom is 0.290 e. The van der Waals surface area contributed by atoms with E-state index in [0.29, 0.717) is 0 Å². The lowest BCUT2D eigenvalue weighted by Crippen LogP contribution is -2.07. The number of allylic oxidation sites excluding steroid dienone is 2. The van der Waals surface area contributed by atoms with Crippen molar-refractivity contribution in [3.63, 3.8) is 0 Å². The van der Waals surface area contributed by atoms with Crippen molar-refractivity contribution in [1.29, 1.82) is 0 Å². The van der Waals surface area contributed by atoms with E-state index in [2.05, 4.69) is 0 Å². The zero-order valence-corrected chi connectivity index (χ0v) is 9.18. The quantitative estimate of drug-likeness (QED) is 0.679. The minimum Gasteiger partial charge on any atom is -0.286 e. The van der Waals surface area contributed by atoms with E-state index in [-0.39, 0.29) is 17.7 Å². The predicted molar refractivity (Wildman–Crippen MR) is 51.0 cm³/mol. The number of hydrogen-bond donors (Lipinski definition) is 2. The van der Waals surface area contributed by atoms with Crippen molar-refractivity contribution in [1.82, 2.24) is 0 Å². The van der Waals surface area contributed by atoms with Gasteiger partial charge >= 0.3 is 0 Å². The topological polar surface area (TPSA) is 109 Å². The van der Waals surface area contributed by atoms with Gasteiger partial charge in [0.2, 0.25) is 0 Å². The standard InChI is InChI=1S/C6H12O6S2/c1-2-6(14(10,11)12)4-3-5-13(7,8)9/h2H,3-5H2,1H3,(H,7,8,9)(H,10,11,12). The molecule has 0 atom stereocenters. The van der Waals surface area contributed by atoms with Gasteiger partial charge in [0.15, 0.2) is 0 Å². The van der Waals surface area contributed by atoms with E-state index >= 15 is 0 Å². The van der Waals surface area contributed by atoms with Crippen LogP contribution in [0, 0.1) is 0 Å². The van der Waals surface area contributed by atoms with Gasteiger partial charge in [-0.05, 0) is 19.8 Å². The Morgan fingerprint density at radius 3 is 2.00 bits per heavy atom. The fourth-order valence-electron chi connectivity index (χ4n) is 0.851. The third kappa shape index (κ3) is 6.08. The molecule has 0 aliphatic carbocycles. The van der Waals surface area contributed by atoms with Crippen molar-refractivity contribution < 1.29 is 25.9 Å². The van der Waals surface area contributed by atoms with Crippen LogP contribution in [0.2, 0.25) is 0 Å². The normalized spacial score (nSPS) is 14.4. The number of rotatable bonds is 5. The summed E-state index contributed by atoms with van der Waals surface area (Å²) in [6, 6.07) is 0. The highest BCUT2D eigenvalue weighted by Crippen LogP contribution is 2.12. The van der Waals surface area contributed by atoms with Crippen LogP contribution in [0.15, 0.2) is 11.0 Å². The van der Waals surface area contributed by atoms with Crippen molar-refractivity contribution >= 4 is 20.2 Å². The first-order chi connectivity index (χ1) is 6.17. The Labute approximate surface area is 83.1 Å². The molecule has 6 nitrogen and oxygen atoms in total. The van der Waals surface area contributed by atoms with Crippen LogP contribution in [-0.4, -0.2) is 31.7 Å². The summed E-state index contributed by atoms with van der Waals surface area (Å²) >= 11 is 0. The summed E-state index contributed by atoms with van der Waals surface area (Å²) in [4.78, 5) is -0.249. The molecular weight excluding hydrogens is 232 g/mol. The van der Waals surface area contributed by atoms with Crippen LogP contribution in [0.25, 0.3) is 0 Å². The SMILES string of the molecule is CC=C(CCCS(=O)(=O)O)S(=O)(=O)O. The molecule has 0 radical (unpaired) electrons. The lowest BCUT2D eigenvalue weighted by atomic mass is 10.3. The average molecular weight is 244 g/mol. The molecule has 0 spiro atoms. The van der Waals surface area contributed by atoms with Crippen LogP contribution in [0.3, 0.4) is 0 Å². The van der Waals surface area contributed by atoms with E-state index in [1.54, 1.807) is 0 Å². The van der Waals surface area contributed by atoms with Gasteiger partial charge in [-0.1, -0.05) is 6.08 Å². The van der Waals surface area contributed by atoms with E-state index in [0.717, 1.165) is 0 Å². The van der Waals surface area contributed by atoms with E-state index < -0.39 is 26.0 Å². The van der Waals surface area contributed by atoms with Gasteiger partial charge in [0.25, 0.3) is 20.2 Å². The maximum atomic E-state index is 10.6. The molecule has 0 heterocycles. The van der Waals surface area contributed by atoms with Gasteiger partial charge in [-0.25, -0.2) is 0 Å². The highest BCUT2D eigenvalue weighted by atomic mass is 32.2. The van der Waals surface area contributed by atoms with Crippen LogP contribution < -0.4 is 0 Å². The molecule has 0 aromatic rings. The minimum absolute atomic E-state index is 0.0572. The first-order valence-corrected chi connectivity index (χ1v) is 6.79. The second-order valence-electron chi connectivity index (χ2n) is 2.62. The van der Waals surface area contributed by atoms with Crippen LogP contribution in [0.1, 0.15) is 19.8 Å². The van der Waals surface area contributed by atoms with Crippen LogP contribution in [0.4, 0.5) is 0 Å². The zero-order chi connectivity index (χ0) is 11.4. The highest BCUT2D eigenvalue weighted by Gasteiger charge is 2.13. The molecule has 0 bridgehead atoms. The van der Waals surface area contributed by atoms with Crippen molar-refractivity contribution in [2.24, 2.45) is 0 Å². The molecule has 2 N–H and O–H groups in total. The van der Waals surface area contributed by atoms with Crippen molar-refractivity contribution in [2.45, 2.75) is 19.8 Å². The second-order valence-corrected chi connectivity index (χ2v) is 5.67. The minimum atomic E-state index is -4.25. The Bertz CT molecular complexity index is 402. The smallest absolute Gasteiger partial charge is 0.286 e. The fourth-order valence-corrected chi connectivity index (χ4v) is 2.06. The first-order valence-electron chi connectivity index (χ1n) is 3.74. The van der Waals surface area contributed by atoms with Gasteiger partial charge in [-0.15, -0.1) is 0 Å². The summed E-state index contributed by atoms with van der Waals surface area (Å²) in [5.41, 5.74) is 0. The van der Waals surface area contributed by atoms with Gasteiger partial charge < -0.3 is 0 Å². The molecule has 8 heteroatoms. The lowest BCUT2D eigenvalue weighted by molar-refractivity contribution is 0.477. The molecule has 0 rings (SSSR count). The molecule has 0 amide bonds. The van der Waals surface area contributed by atoms with Crippen LogP contribution >= 0.6 is 0 Å². The van der Waals surface area contributed by atoms with Crippen molar-refractivity contribution in [3.05, 3.63) is 11.0 Å². The largest absolute Gasteiger partial charge is 0.290 e. The van der Waals surface area contributed by atoms with Gasteiger partial charge in [-0.2, -0.15) is 16.8 Å². The molecule has 0 aliphatic rings. The zero-order valence-electron chi connectivity index (χ0n) is 7.54. The van der Waals surface area contributed by atoms with Crippen molar-refractivity contribution in [3.8, 4) is 0 Å². The molecule has 0 saturated carbocycles. The summed E-state index contributed by atoms with van der Waals surface area (Å²) < 4.78 is 58.7. The third-order valence-electron chi connectivity index (χ3n) is 1.48. The molecule has 0 aromatic carbocycles. The van der Waals surface area contributed by atoms with Gasteiger partial charge in [0, 0.05) is 0 Å². The predicted octanol–water partition coefficient (Wildman–Crippen LogP) is 0.446. The highest BCUT2D eigenvalue weighted by molar-refractivity contribution is 7.89. The Morgan fingerprint density at radius 1 is 1.21 bits per heavy atom. The monoisotopic (exact) mass is 244 g/mol. The van der Waals surface area contributed by atoms with Crippen LogP contribution in [-0.2, 0) is 20.2 Å². The molecule has 84 valence electrons. The summed E-state index contributed by atoms with van der Waals surface area (Å²) in [6.45, 7) is 1.41. The molecule has 0 saturated heterocycles. The first kappa shape index (κ1) is 13.6. The van der Waals surface area contributed by atoms with Gasteiger partial charge in [0.05, 0.1) is 10.7 Å². The molecular formula is C6H12O6S2. The summed E-state index contributed by atoms with van der Waals surface area (Å²) in [5.74, 6) is -0.528. The Balaban J connectivity index is 4.29. The Hall–Kier alpha value is -0.440. The van der Waals surface area contributed by atoms with E-state index in [1.807, 2.05) is 0 Å². The molecule has 0 aromatic heterocycles. The summed E-state index contributed by atoms with van der Waals surface area (Å²) in [5, 5.41) is 0. The van der Waals surface area contributed by atoms with Crippen LogP contribution in [0.5, 0.6) is 0 Å². The second kappa shape index (κ2) is 4.87. The van der Waals surface area contributed by atoms with Gasteiger partial charge in [-0.3, -0.25) is 9.11 Å². The Kier molecular flexibility index (Phi) is 4.72. The molecule has 0 aliphatic heterocycles. The number of hydrogen-bond acceptors (Lipinski definition) is 4. The summed E-state index contributed by atoms with van der Waals surface area (Å²) in [7, 11) is -8.33. The fraction of sp³-hybridized carbons (Fsp3) is 0.667.